The van der Waals surface area contributed by atoms with Gasteiger partial charge in [-0.3, -0.25) is 14.9 Å². The highest BCUT2D eigenvalue weighted by Gasteiger charge is 2.28. The van der Waals surface area contributed by atoms with Gasteiger partial charge in [-0.1, -0.05) is 17.7 Å². The minimum Gasteiger partial charge on any atom is -0.321 e. The van der Waals surface area contributed by atoms with Crippen LogP contribution in [0.5, 0.6) is 0 Å². The van der Waals surface area contributed by atoms with Crippen molar-refractivity contribution >= 4 is 51.9 Å². The smallest absolute Gasteiger partial charge is 0.288 e. The van der Waals surface area contributed by atoms with Crippen LogP contribution in [-0.2, 0) is 4.79 Å². The van der Waals surface area contributed by atoms with E-state index in [0.717, 1.165) is 4.88 Å². The molecule has 0 saturated carbocycles. The van der Waals surface area contributed by atoms with Gasteiger partial charge in [-0.15, -0.1) is 11.3 Å². The quantitative estimate of drug-likeness (QED) is 0.521. The maximum Gasteiger partial charge on any atom is 0.288 e. The minimum absolute atomic E-state index is 0.00595. The standard InChI is InChI=1S/C13H7ClN2O3S/c14-10-6-11-8(5-12(10)16(18)19)9(13(17)15-11)4-7-2-1-3-20-7/h1-6H,(H,15,17)/b9-4+. The molecule has 1 amide bonds. The van der Waals surface area contributed by atoms with Gasteiger partial charge in [0.15, 0.2) is 0 Å². The molecule has 0 fully saturated rings. The summed E-state index contributed by atoms with van der Waals surface area (Å²) >= 11 is 7.31. The van der Waals surface area contributed by atoms with Crippen molar-refractivity contribution in [2.75, 3.05) is 5.32 Å². The van der Waals surface area contributed by atoms with Crippen molar-refractivity contribution in [2.24, 2.45) is 0 Å². The van der Waals surface area contributed by atoms with Gasteiger partial charge in [0.25, 0.3) is 11.6 Å². The van der Waals surface area contributed by atoms with E-state index in [0.29, 0.717) is 16.8 Å². The van der Waals surface area contributed by atoms with Crippen LogP contribution in [0.4, 0.5) is 11.4 Å². The lowest BCUT2D eigenvalue weighted by Crippen LogP contribution is -2.03. The van der Waals surface area contributed by atoms with Crippen molar-refractivity contribution in [3.8, 4) is 0 Å². The molecule has 100 valence electrons. The van der Waals surface area contributed by atoms with E-state index in [4.69, 9.17) is 11.6 Å². The summed E-state index contributed by atoms with van der Waals surface area (Å²) in [7, 11) is 0. The molecule has 1 N–H and O–H groups in total. The molecule has 0 unspecified atom stereocenters. The van der Waals surface area contributed by atoms with E-state index < -0.39 is 4.92 Å². The van der Waals surface area contributed by atoms with Gasteiger partial charge in [0.05, 0.1) is 16.2 Å². The highest BCUT2D eigenvalue weighted by atomic mass is 35.5. The fourth-order valence-electron chi connectivity index (χ4n) is 2.00. The highest BCUT2D eigenvalue weighted by molar-refractivity contribution is 7.11. The molecular formula is C13H7ClN2O3S. The van der Waals surface area contributed by atoms with Crippen molar-refractivity contribution in [2.45, 2.75) is 0 Å². The number of rotatable bonds is 2. The predicted molar refractivity (Wildman–Crippen MR) is 78.9 cm³/mol. The van der Waals surface area contributed by atoms with Gasteiger partial charge in [0, 0.05) is 16.5 Å². The Bertz CT molecular complexity index is 753. The van der Waals surface area contributed by atoms with E-state index in [1.165, 1.54) is 23.5 Å². The average molecular weight is 307 g/mol. The van der Waals surface area contributed by atoms with Crippen molar-refractivity contribution in [1.29, 1.82) is 0 Å². The zero-order valence-corrected chi connectivity index (χ0v) is 11.5. The Balaban J connectivity index is 2.16. The molecule has 2 aromatic rings. The Hall–Kier alpha value is -2.18. The van der Waals surface area contributed by atoms with Crippen LogP contribution in [0.1, 0.15) is 10.4 Å². The van der Waals surface area contributed by atoms with Crippen LogP contribution in [0.2, 0.25) is 5.02 Å². The second-order valence-corrected chi connectivity index (χ2v) is 5.52. The molecule has 0 atom stereocenters. The molecule has 0 radical (unpaired) electrons. The summed E-state index contributed by atoms with van der Waals surface area (Å²) < 4.78 is 0. The van der Waals surface area contributed by atoms with Gasteiger partial charge in [0.2, 0.25) is 0 Å². The van der Waals surface area contributed by atoms with Gasteiger partial charge in [-0.25, -0.2) is 0 Å². The lowest BCUT2D eigenvalue weighted by molar-refractivity contribution is -0.384. The lowest BCUT2D eigenvalue weighted by atomic mass is 10.1. The minimum atomic E-state index is -0.561. The number of nitrogens with one attached hydrogen (secondary N) is 1. The third-order valence-corrected chi connectivity index (χ3v) is 4.02. The predicted octanol–water partition coefficient (Wildman–Crippen LogP) is 3.80. The third-order valence-electron chi connectivity index (χ3n) is 2.90. The number of carbonyl (C=O) groups excluding carboxylic acids is 1. The first-order chi connectivity index (χ1) is 9.56. The summed E-state index contributed by atoms with van der Waals surface area (Å²) in [5.74, 6) is -0.287. The molecule has 1 aliphatic rings. The van der Waals surface area contributed by atoms with Gasteiger partial charge in [0.1, 0.15) is 5.02 Å². The number of fused-ring (bicyclic) bond motifs is 1. The summed E-state index contributed by atoms with van der Waals surface area (Å²) in [6.07, 6.45) is 1.71. The number of amides is 1. The number of benzene rings is 1. The summed E-state index contributed by atoms with van der Waals surface area (Å²) in [5, 5.41) is 15.5. The SMILES string of the molecule is O=C1Nc2cc(Cl)c([N+](=O)[O-])cc2/C1=C\c1cccs1. The fraction of sp³-hybridized carbons (Fsp3) is 0. The Kier molecular flexibility index (Phi) is 3.04. The summed E-state index contributed by atoms with van der Waals surface area (Å²) in [6, 6.07) is 6.47. The van der Waals surface area contributed by atoms with E-state index in [9.17, 15) is 14.9 Å². The fourth-order valence-corrected chi connectivity index (χ4v) is 2.89. The maximum absolute atomic E-state index is 12.0. The largest absolute Gasteiger partial charge is 0.321 e. The monoisotopic (exact) mass is 306 g/mol. The molecule has 0 spiro atoms. The number of nitrogens with zero attached hydrogens (tertiary/aromatic N) is 1. The lowest BCUT2D eigenvalue weighted by Gasteiger charge is -2.00. The molecule has 2 heterocycles. The number of hydrogen-bond acceptors (Lipinski definition) is 4. The van der Waals surface area contributed by atoms with Crippen LogP contribution in [0.25, 0.3) is 11.6 Å². The number of thiophene rings is 1. The Labute approximate surface area is 122 Å². The third kappa shape index (κ3) is 2.09. The number of carbonyl (C=O) groups is 1. The summed E-state index contributed by atoms with van der Waals surface area (Å²) in [4.78, 5) is 23.2. The molecule has 1 aromatic heterocycles. The average Bonchev–Trinajstić information content (AvgIpc) is 2.98. The van der Waals surface area contributed by atoms with Crippen LogP contribution >= 0.6 is 22.9 Å². The molecule has 0 aliphatic carbocycles. The molecule has 3 rings (SSSR count). The normalized spacial score (nSPS) is 15.2. The van der Waals surface area contributed by atoms with Crippen molar-refractivity contribution in [3.05, 3.63) is 55.2 Å². The highest BCUT2D eigenvalue weighted by Crippen LogP contribution is 2.39. The van der Waals surface area contributed by atoms with Crippen molar-refractivity contribution in [3.63, 3.8) is 0 Å². The molecule has 7 heteroatoms. The van der Waals surface area contributed by atoms with E-state index >= 15 is 0 Å². The van der Waals surface area contributed by atoms with Crippen molar-refractivity contribution in [1.82, 2.24) is 0 Å². The molecule has 5 nitrogen and oxygen atoms in total. The number of nitro benzene ring substituents is 1. The van der Waals surface area contributed by atoms with Gasteiger partial charge in [-0.05, 0) is 23.6 Å². The zero-order chi connectivity index (χ0) is 14.3. The van der Waals surface area contributed by atoms with Crippen LogP contribution in [-0.4, -0.2) is 10.8 Å². The first kappa shape index (κ1) is 12.8. The summed E-state index contributed by atoms with van der Waals surface area (Å²) in [5.41, 5.74) is 1.19. The number of anilines is 1. The van der Waals surface area contributed by atoms with Crippen LogP contribution in [0, 0.1) is 10.1 Å². The van der Waals surface area contributed by atoms with E-state index in [2.05, 4.69) is 5.32 Å². The Morgan fingerprint density at radius 3 is 2.85 bits per heavy atom. The first-order valence-corrected chi connectivity index (χ1v) is 6.87. The second-order valence-electron chi connectivity index (χ2n) is 4.13. The number of halogens is 1. The topological polar surface area (TPSA) is 72.2 Å². The molecule has 1 aromatic carbocycles. The van der Waals surface area contributed by atoms with Gasteiger partial charge in [-0.2, -0.15) is 0 Å². The Morgan fingerprint density at radius 1 is 1.40 bits per heavy atom. The first-order valence-electron chi connectivity index (χ1n) is 5.61. The van der Waals surface area contributed by atoms with E-state index in [1.54, 1.807) is 6.08 Å². The molecule has 0 saturated heterocycles. The van der Waals surface area contributed by atoms with E-state index in [1.807, 2.05) is 17.5 Å². The van der Waals surface area contributed by atoms with Crippen LogP contribution in [0.15, 0.2) is 29.6 Å². The molecular weight excluding hydrogens is 300 g/mol. The zero-order valence-electron chi connectivity index (χ0n) is 9.92. The van der Waals surface area contributed by atoms with Gasteiger partial charge < -0.3 is 5.32 Å². The van der Waals surface area contributed by atoms with E-state index in [-0.39, 0.29) is 16.6 Å². The van der Waals surface area contributed by atoms with Crippen molar-refractivity contribution < 1.29 is 9.72 Å². The van der Waals surface area contributed by atoms with Crippen LogP contribution in [0.3, 0.4) is 0 Å². The Morgan fingerprint density at radius 2 is 2.20 bits per heavy atom. The number of nitro groups is 1. The number of hydrogen-bond donors (Lipinski definition) is 1. The molecule has 0 bridgehead atoms. The molecule has 20 heavy (non-hydrogen) atoms. The second kappa shape index (κ2) is 4.73. The summed E-state index contributed by atoms with van der Waals surface area (Å²) in [6.45, 7) is 0. The van der Waals surface area contributed by atoms with Gasteiger partial charge >= 0.3 is 0 Å². The maximum atomic E-state index is 12.0. The molecule has 1 aliphatic heterocycles. The van der Waals surface area contributed by atoms with Crippen LogP contribution < -0.4 is 5.32 Å².